The summed E-state index contributed by atoms with van der Waals surface area (Å²) in [6.45, 7) is 2.18. The Bertz CT molecular complexity index is 243. The minimum absolute atomic E-state index is 0.249. The van der Waals surface area contributed by atoms with Gasteiger partial charge in [0.1, 0.15) is 0 Å². The topological polar surface area (TPSA) is 77.8 Å². The first-order valence-corrected chi connectivity index (χ1v) is 8.65. The highest BCUT2D eigenvalue weighted by Gasteiger charge is 2.15. The molecule has 0 aliphatic carbocycles. The molecule has 0 aliphatic rings. The summed E-state index contributed by atoms with van der Waals surface area (Å²) < 4.78 is 0. The van der Waals surface area contributed by atoms with E-state index >= 15 is 0 Å². The number of carboxylic acids is 1. The predicted octanol–water partition coefficient (Wildman–Crippen LogP) is 3.88. The SMILES string of the molecule is CCCCCCC[C@@H]([18OH])[C@H](O)CCCCCCCC(=O)O. The number of aliphatic carboxylic acids is 1. The fourth-order valence-electron chi connectivity index (χ4n) is 2.50. The van der Waals surface area contributed by atoms with Gasteiger partial charge in [0.05, 0.1) is 12.2 Å². The van der Waals surface area contributed by atoms with E-state index in [-0.39, 0.29) is 6.42 Å². The van der Waals surface area contributed by atoms with E-state index in [9.17, 15) is 15.0 Å². The molecule has 0 aliphatic heterocycles. The Labute approximate surface area is 129 Å². The summed E-state index contributed by atoms with van der Waals surface area (Å²) in [5.41, 5.74) is 0. The van der Waals surface area contributed by atoms with E-state index in [4.69, 9.17) is 5.11 Å². The first-order valence-electron chi connectivity index (χ1n) is 8.65. The Morgan fingerprint density at radius 3 is 2.05 bits per heavy atom. The third-order valence-corrected chi connectivity index (χ3v) is 3.94. The van der Waals surface area contributed by atoms with E-state index in [0.29, 0.717) is 12.8 Å². The van der Waals surface area contributed by atoms with Gasteiger partial charge in [-0.05, 0) is 19.3 Å². The van der Waals surface area contributed by atoms with Crippen molar-refractivity contribution in [2.45, 2.75) is 103 Å². The molecule has 0 bridgehead atoms. The van der Waals surface area contributed by atoms with Gasteiger partial charge in [-0.15, -0.1) is 0 Å². The van der Waals surface area contributed by atoms with E-state index in [1.54, 1.807) is 0 Å². The van der Waals surface area contributed by atoms with E-state index < -0.39 is 18.2 Å². The van der Waals surface area contributed by atoms with Gasteiger partial charge in [0, 0.05) is 6.42 Å². The van der Waals surface area contributed by atoms with Crippen LogP contribution in [-0.2, 0) is 4.79 Å². The molecular formula is C17H34O4. The molecule has 0 aromatic carbocycles. The largest absolute Gasteiger partial charge is 0.481 e. The van der Waals surface area contributed by atoms with Crippen LogP contribution in [0.2, 0.25) is 0 Å². The number of aliphatic hydroxyl groups is 2. The fourth-order valence-corrected chi connectivity index (χ4v) is 2.50. The Kier molecular flexibility index (Phi) is 13.9. The second kappa shape index (κ2) is 14.3. The lowest BCUT2D eigenvalue weighted by Gasteiger charge is -2.17. The van der Waals surface area contributed by atoms with E-state index in [1.165, 1.54) is 19.3 Å². The molecule has 0 spiro atoms. The molecule has 21 heavy (non-hydrogen) atoms. The quantitative estimate of drug-likeness (QED) is 0.317. The molecule has 0 fully saturated rings. The summed E-state index contributed by atoms with van der Waals surface area (Å²) in [6, 6.07) is 0. The second-order valence-electron chi connectivity index (χ2n) is 6.04. The lowest BCUT2D eigenvalue weighted by Crippen LogP contribution is -2.25. The molecule has 0 radical (unpaired) electrons. The van der Waals surface area contributed by atoms with Crippen molar-refractivity contribution in [3.05, 3.63) is 0 Å². The average Bonchev–Trinajstić information content (AvgIpc) is 2.45. The Morgan fingerprint density at radius 2 is 1.43 bits per heavy atom. The number of aliphatic hydroxyl groups excluding tert-OH is 2. The smallest absolute Gasteiger partial charge is 0.303 e. The molecule has 0 aromatic heterocycles. The molecule has 0 saturated carbocycles. The maximum Gasteiger partial charge on any atom is 0.303 e. The van der Waals surface area contributed by atoms with Gasteiger partial charge in [-0.3, -0.25) is 4.79 Å². The molecule has 0 amide bonds. The van der Waals surface area contributed by atoms with Crippen molar-refractivity contribution in [3.8, 4) is 0 Å². The molecule has 0 heterocycles. The zero-order chi connectivity index (χ0) is 15.9. The molecule has 2 atom stereocenters. The molecule has 3 N–H and O–H groups in total. The summed E-state index contributed by atoms with van der Waals surface area (Å²) in [5.74, 6) is -0.729. The second-order valence-corrected chi connectivity index (χ2v) is 6.04. The van der Waals surface area contributed by atoms with Crippen LogP contribution in [0, 0.1) is 0 Å². The Balaban J connectivity index is 3.38. The maximum atomic E-state index is 10.3. The maximum absolute atomic E-state index is 10.3. The highest BCUT2D eigenvalue weighted by molar-refractivity contribution is 5.66. The highest BCUT2D eigenvalue weighted by Crippen LogP contribution is 2.14. The zero-order valence-electron chi connectivity index (χ0n) is 13.6. The Hall–Kier alpha value is -0.610. The van der Waals surface area contributed by atoms with Crippen molar-refractivity contribution in [1.29, 1.82) is 0 Å². The average molecular weight is 304 g/mol. The van der Waals surface area contributed by atoms with Gasteiger partial charge in [0.2, 0.25) is 0 Å². The lowest BCUT2D eigenvalue weighted by molar-refractivity contribution is -0.137. The first kappa shape index (κ1) is 20.4. The van der Waals surface area contributed by atoms with Crippen molar-refractivity contribution >= 4 is 5.97 Å². The van der Waals surface area contributed by atoms with E-state index in [2.05, 4.69) is 6.92 Å². The molecule has 4 nitrogen and oxygen atoms in total. The van der Waals surface area contributed by atoms with Gasteiger partial charge in [0.25, 0.3) is 0 Å². The number of hydrogen-bond donors (Lipinski definition) is 3. The van der Waals surface area contributed by atoms with Crippen LogP contribution in [0.15, 0.2) is 0 Å². The van der Waals surface area contributed by atoms with Gasteiger partial charge in [-0.2, -0.15) is 0 Å². The predicted molar refractivity (Wildman–Crippen MR) is 85.3 cm³/mol. The van der Waals surface area contributed by atoms with Crippen LogP contribution in [0.3, 0.4) is 0 Å². The standard InChI is InChI=1S/C17H34O4/c1-2-3-4-6-9-12-15(18)16(19)13-10-7-5-8-11-14-17(20)21/h15-16,18-19H,2-14H2,1H3,(H,20,21)/t15-,16-/m1/s1/i18+2. The van der Waals surface area contributed by atoms with Gasteiger partial charge in [-0.25, -0.2) is 0 Å². The molecule has 0 unspecified atom stereocenters. The number of unbranched alkanes of at least 4 members (excludes halogenated alkanes) is 8. The molecule has 0 saturated heterocycles. The minimum Gasteiger partial charge on any atom is -0.481 e. The van der Waals surface area contributed by atoms with E-state index in [0.717, 1.165) is 44.9 Å². The molecule has 0 aromatic rings. The summed E-state index contributed by atoms with van der Waals surface area (Å²) >= 11 is 0. The van der Waals surface area contributed by atoms with Crippen molar-refractivity contribution < 1.29 is 20.1 Å². The number of hydrogen-bond acceptors (Lipinski definition) is 3. The van der Waals surface area contributed by atoms with Crippen LogP contribution in [-0.4, -0.2) is 33.5 Å². The van der Waals surface area contributed by atoms with Crippen LogP contribution in [0.1, 0.15) is 90.4 Å². The number of carbonyl (C=O) groups is 1. The number of carboxylic acid groups (broad SMARTS) is 1. The molecule has 0 rings (SSSR count). The van der Waals surface area contributed by atoms with Crippen molar-refractivity contribution in [3.63, 3.8) is 0 Å². The highest BCUT2D eigenvalue weighted by atomic mass is 18.2. The lowest BCUT2D eigenvalue weighted by atomic mass is 10.0. The zero-order valence-corrected chi connectivity index (χ0v) is 13.6. The van der Waals surface area contributed by atoms with Gasteiger partial charge in [0.15, 0.2) is 0 Å². The summed E-state index contributed by atoms with van der Waals surface area (Å²) in [5, 5.41) is 28.2. The van der Waals surface area contributed by atoms with Gasteiger partial charge >= 0.3 is 5.97 Å². The fraction of sp³-hybridized carbons (Fsp3) is 0.941. The van der Waals surface area contributed by atoms with Crippen LogP contribution in [0.5, 0.6) is 0 Å². The van der Waals surface area contributed by atoms with Crippen molar-refractivity contribution in [2.75, 3.05) is 0 Å². The van der Waals surface area contributed by atoms with Crippen molar-refractivity contribution in [2.24, 2.45) is 0 Å². The third kappa shape index (κ3) is 14.1. The molecule has 4 heteroatoms. The summed E-state index contributed by atoms with van der Waals surface area (Å²) in [4.78, 5) is 10.3. The summed E-state index contributed by atoms with van der Waals surface area (Å²) in [7, 11) is 0. The van der Waals surface area contributed by atoms with Gasteiger partial charge in [-0.1, -0.05) is 64.7 Å². The van der Waals surface area contributed by atoms with Crippen molar-refractivity contribution in [1.82, 2.24) is 0 Å². The third-order valence-electron chi connectivity index (χ3n) is 3.94. The van der Waals surface area contributed by atoms with Crippen LogP contribution in [0.4, 0.5) is 0 Å². The monoisotopic (exact) mass is 304 g/mol. The number of rotatable bonds is 15. The van der Waals surface area contributed by atoms with E-state index in [1.807, 2.05) is 0 Å². The Morgan fingerprint density at radius 1 is 0.905 bits per heavy atom. The van der Waals surface area contributed by atoms with Crippen LogP contribution in [0.25, 0.3) is 0 Å². The van der Waals surface area contributed by atoms with Crippen LogP contribution >= 0.6 is 0 Å². The molecular weight excluding hydrogens is 270 g/mol. The minimum atomic E-state index is -0.729. The first-order chi connectivity index (χ1) is 10.1. The van der Waals surface area contributed by atoms with Gasteiger partial charge < -0.3 is 15.3 Å². The normalized spacial score (nSPS) is 14.0. The molecule has 126 valence electrons. The summed E-state index contributed by atoms with van der Waals surface area (Å²) in [6.07, 6.45) is 10.8. The van der Waals surface area contributed by atoms with Crippen LogP contribution < -0.4 is 0 Å².